The van der Waals surface area contributed by atoms with Gasteiger partial charge in [0.1, 0.15) is 18.2 Å². The number of benzene rings is 3. The molecule has 0 spiro atoms. The van der Waals surface area contributed by atoms with Crippen molar-refractivity contribution in [1.82, 2.24) is 40.2 Å². The van der Waals surface area contributed by atoms with Gasteiger partial charge in [-0.2, -0.15) is 5.10 Å². The van der Waals surface area contributed by atoms with Crippen LogP contribution in [-0.2, 0) is 64.4 Å². The molecule has 3 aromatic heterocycles. The molecule has 27 nitrogen and oxygen atoms in total. The first kappa shape index (κ1) is 74.1. The van der Waals surface area contributed by atoms with Gasteiger partial charge in [-0.25, -0.2) is 29.1 Å². The van der Waals surface area contributed by atoms with Crippen molar-refractivity contribution < 1.29 is 72.4 Å². The van der Waals surface area contributed by atoms with Crippen LogP contribution in [0.1, 0.15) is 154 Å². The van der Waals surface area contributed by atoms with E-state index in [4.69, 9.17) is 30.0 Å². The van der Waals surface area contributed by atoms with Crippen LogP contribution in [-0.4, -0.2) is 157 Å². The monoisotopic (exact) mass is 1430 g/mol. The lowest BCUT2D eigenvalue weighted by Gasteiger charge is -2.69. The van der Waals surface area contributed by atoms with Gasteiger partial charge in [0, 0.05) is 111 Å². The summed E-state index contributed by atoms with van der Waals surface area (Å²) in [5.74, 6) is -4.97. The highest BCUT2D eigenvalue weighted by Gasteiger charge is 2.66. The van der Waals surface area contributed by atoms with Crippen LogP contribution in [0.25, 0.3) is 21.3 Å². The van der Waals surface area contributed by atoms with E-state index in [9.17, 15) is 58.2 Å². The fraction of sp³-hybridized carbons (Fsp3) is 0.480. The highest BCUT2D eigenvalue weighted by molar-refractivity contribution is 7.22. The zero-order valence-electron chi connectivity index (χ0n) is 59.0. The number of carbonyl (C=O) groups is 10. The summed E-state index contributed by atoms with van der Waals surface area (Å²) in [5, 5.41) is 36.8. The molecule has 8 N–H and O–H groups in total. The number of carbonyl (C=O) groups excluding carboxylic acids is 8. The van der Waals surface area contributed by atoms with Crippen molar-refractivity contribution in [3.63, 3.8) is 0 Å². The summed E-state index contributed by atoms with van der Waals surface area (Å²) in [4.78, 5) is 142. The SMILES string of the molecule is Cc1c(-c2ccc(N3CCc4c(OCC(=O)O)ccc(C(=O)Nc5nc6ccccc6s5)c4C3)nc2C(=O)O)cnn1CC12CC3(C)CC(C)(C1)CC(OCCN(C)C(=O)OCc1ccc(NC(=O)[C@H](CCCNC(N)=O)CC(=O)[C@@H](NC(=O)CCCCCN4C(=O)C=CC4=O)C(C)C)cc1)(C3)C2. The summed E-state index contributed by atoms with van der Waals surface area (Å²) in [5.41, 5.74) is 9.68. The molecule has 3 aromatic carbocycles. The number of rotatable bonds is 33. The van der Waals surface area contributed by atoms with Gasteiger partial charge in [-0.3, -0.25) is 43.7 Å². The average Bonchev–Trinajstić information content (AvgIpc) is 0.728. The predicted molar refractivity (Wildman–Crippen MR) is 383 cm³/mol. The number of amides is 8. The number of likely N-dealkylation sites (N-methyl/N-ethyl adjacent to an activating group) is 1. The molecule has 103 heavy (non-hydrogen) atoms. The lowest BCUT2D eigenvalue weighted by molar-refractivity contribution is -0.248. The number of carboxylic acids is 2. The van der Waals surface area contributed by atoms with E-state index >= 15 is 0 Å². The molecular weight excluding hydrogens is 1340 g/mol. The van der Waals surface area contributed by atoms with Crippen molar-refractivity contribution in [3.05, 3.63) is 125 Å². The van der Waals surface area contributed by atoms with Crippen LogP contribution in [0, 0.1) is 35.0 Å². The number of urea groups is 1. The Morgan fingerprint density at radius 1 is 0.816 bits per heavy atom. The summed E-state index contributed by atoms with van der Waals surface area (Å²) in [6.45, 7) is 11.7. The third-order valence-corrected chi connectivity index (χ3v) is 21.5. The van der Waals surface area contributed by atoms with Gasteiger partial charge in [-0.15, -0.1) is 0 Å². The maximum Gasteiger partial charge on any atom is 0.409 e. The van der Waals surface area contributed by atoms with Gasteiger partial charge in [0.25, 0.3) is 17.7 Å². The number of ether oxygens (including phenoxy) is 3. The summed E-state index contributed by atoms with van der Waals surface area (Å²) >= 11 is 1.34. The number of carboxylic acid groups (broad SMARTS) is 2. The molecule has 6 aromatic rings. The number of thiazole rings is 1. The molecule has 4 saturated carbocycles. The number of aromatic nitrogens is 4. The second-order valence-electron chi connectivity index (χ2n) is 29.5. The largest absolute Gasteiger partial charge is 0.482 e. The summed E-state index contributed by atoms with van der Waals surface area (Å²) in [6.07, 6.45) is 11.6. The van der Waals surface area contributed by atoms with Gasteiger partial charge in [0.15, 0.2) is 23.2 Å². The van der Waals surface area contributed by atoms with Crippen molar-refractivity contribution in [2.75, 3.05) is 62.0 Å². The molecule has 4 bridgehead atoms. The van der Waals surface area contributed by atoms with E-state index < -0.39 is 60.0 Å². The Kier molecular flexibility index (Phi) is 22.5. The molecule has 28 heteroatoms. The summed E-state index contributed by atoms with van der Waals surface area (Å²) < 4.78 is 21.4. The first-order chi connectivity index (χ1) is 49.1. The highest BCUT2D eigenvalue weighted by Crippen LogP contribution is 2.72. The fourth-order valence-electron chi connectivity index (χ4n) is 16.9. The maximum atomic E-state index is 14.0. The number of imide groups is 1. The zero-order chi connectivity index (χ0) is 73.5. The number of fused-ring (bicyclic) bond motifs is 2. The molecule has 8 amide bonds. The van der Waals surface area contributed by atoms with Gasteiger partial charge in [0.2, 0.25) is 11.8 Å². The van der Waals surface area contributed by atoms with Crippen LogP contribution in [0.15, 0.2) is 91.1 Å². The number of unbranched alkanes of at least 4 members (excludes halogenated alkanes) is 2. The molecule has 4 atom stereocenters. The minimum absolute atomic E-state index is 0.0238. The highest BCUT2D eigenvalue weighted by atomic mass is 32.1. The van der Waals surface area contributed by atoms with Gasteiger partial charge in [0.05, 0.1) is 34.7 Å². The lowest BCUT2D eigenvalue weighted by atomic mass is 9.39. The van der Waals surface area contributed by atoms with Crippen molar-refractivity contribution >= 4 is 97.6 Å². The number of pyridine rings is 1. The Balaban J connectivity index is 0.679. The third kappa shape index (κ3) is 17.7. The maximum absolute atomic E-state index is 14.0. The average molecular weight is 1430 g/mol. The first-order valence-corrected chi connectivity index (χ1v) is 35.9. The number of Topliss-reactive ketones (excluding diaryl/α,β-unsaturated/α-hetero) is 1. The van der Waals surface area contributed by atoms with Crippen LogP contribution >= 0.6 is 11.3 Å². The summed E-state index contributed by atoms with van der Waals surface area (Å²) in [6, 6.07) is 19.5. The van der Waals surface area contributed by atoms with E-state index in [0.29, 0.717) is 101 Å². The van der Waals surface area contributed by atoms with Gasteiger partial charge in [-0.1, -0.05) is 69.7 Å². The smallest absolute Gasteiger partial charge is 0.409 e. The second kappa shape index (κ2) is 31.2. The van der Waals surface area contributed by atoms with E-state index in [1.807, 2.05) is 40.8 Å². The fourth-order valence-corrected chi connectivity index (χ4v) is 17.8. The number of ketones is 1. The molecular formula is C75H90N12O15S. The Bertz CT molecular complexity index is 4230. The minimum Gasteiger partial charge on any atom is -0.482 e. The van der Waals surface area contributed by atoms with Crippen LogP contribution in [0.5, 0.6) is 5.75 Å². The number of hydrogen-bond acceptors (Lipinski definition) is 18. The van der Waals surface area contributed by atoms with Crippen molar-refractivity contribution in [2.24, 2.45) is 33.8 Å². The molecule has 12 rings (SSSR count). The van der Waals surface area contributed by atoms with Crippen LogP contribution < -0.4 is 36.6 Å². The number of hydrogen-bond donors (Lipinski definition) is 7. The molecule has 4 aliphatic carbocycles. The molecule has 2 aliphatic heterocycles. The van der Waals surface area contributed by atoms with Gasteiger partial charge >= 0.3 is 24.1 Å². The molecule has 4 fully saturated rings. The molecule has 6 aliphatic rings. The molecule has 5 heterocycles. The Hall–Kier alpha value is -10.1. The number of nitrogens with one attached hydrogen (secondary N) is 4. The number of para-hydroxylation sites is 1. The lowest BCUT2D eigenvalue weighted by Crippen LogP contribution is -2.64. The van der Waals surface area contributed by atoms with Crippen molar-refractivity contribution in [3.8, 4) is 16.9 Å². The number of aromatic carboxylic acids is 1. The van der Waals surface area contributed by atoms with Gasteiger partial charge in [-0.05, 0) is 159 Å². The minimum atomic E-state index is -1.22. The Morgan fingerprint density at radius 2 is 1.55 bits per heavy atom. The van der Waals surface area contributed by atoms with Gasteiger partial charge < -0.3 is 55.9 Å². The first-order valence-electron chi connectivity index (χ1n) is 35.1. The number of nitrogens with zero attached hydrogens (tertiary/aromatic N) is 7. The van der Waals surface area contributed by atoms with Crippen LogP contribution in [0.4, 0.5) is 26.2 Å². The number of primary amides is 1. The van der Waals surface area contributed by atoms with Crippen LogP contribution in [0.2, 0.25) is 0 Å². The second-order valence-corrected chi connectivity index (χ2v) is 30.5. The topological polar surface area (TPSA) is 366 Å². The molecule has 2 unspecified atom stereocenters. The van der Waals surface area contributed by atoms with E-state index in [1.54, 1.807) is 75.6 Å². The van der Waals surface area contributed by atoms with E-state index in [1.165, 1.54) is 28.4 Å². The molecule has 0 saturated heterocycles. The normalized spacial score (nSPS) is 20.7. The molecule has 546 valence electrons. The van der Waals surface area contributed by atoms with Crippen molar-refractivity contribution in [2.45, 2.75) is 156 Å². The number of aliphatic carboxylic acids is 1. The number of anilines is 3. The Labute approximate surface area is 600 Å². The number of nitrogens with two attached hydrogens (primary N) is 1. The van der Waals surface area contributed by atoms with E-state index in [0.717, 1.165) is 59.3 Å². The van der Waals surface area contributed by atoms with Crippen molar-refractivity contribution in [1.29, 1.82) is 0 Å². The third-order valence-electron chi connectivity index (χ3n) is 20.5. The predicted octanol–water partition coefficient (Wildman–Crippen LogP) is 9.83. The van der Waals surface area contributed by atoms with E-state index in [2.05, 4.69) is 40.1 Å². The van der Waals surface area contributed by atoms with E-state index in [-0.39, 0.29) is 110 Å². The molecule has 0 radical (unpaired) electrons. The standard InChI is InChI=1S/C75H90N12O15S/c1-45(2)64(82-60(89)16-8-7-11-29-86-61(90)25-26-62(86)91)56(88)33-48(13-12-28-77-69(76)98)66(94)79-49-19-17-47(18-20-49)36-101-71(99)84(6)31-32-102-75-41-72(4)38-73(5,42-75)40-74(39-72,43-75)44-87-46(3)53(34-78-87)51-22-24-59(81-65(51)68(96)97)85-30-27-50-54(35-85)52(21-23-57(50)100-37-63(92)93)67(95)83-70-80-55-14-9-10-15-58(55)103-70/h9-10,14-15,17-26,34,45,48,64H,7-8,11-13,16,27-33,35-44H2,1-6H3,(H,79,94)(H,82,89)(H,92,93)(H,96,97)(H3,76,77,98)(H,80,83,95)/t48-,64+,72?,73?,74?,75?/m1/s1. The Morgan fingerprint density at radius 3 is 2.25 bits per heavy atom. The quantitative estimate of drug-likeness (QED) is 0.0149. The van der Waals surface area contributed by atoms with Crippen LogP contribution in [0.3, 0.4) is 0 Å². The zero-order valence-corrected chi connectivity index (χ0v) is 59.8. The summed E-state index contributed by atoms with van der Waals surface area (Å²) in [7, 11) is 1.66.